The van der Waals surface area contributed by atoms with Crippen LogP contribution >= 0.6 is 11.8 Å². The standard InChI is InChI=1S/C13H20N2OS/c1-4-12(14)13(16)15-9(2)10-5-7-11(17-3)8-6-10/h5-9,12H,4,14H2,1-3H3,(H,15,16)/t9?,12-/m1/s1. The molecular weight excluding hydrogens is 232 g/mol. The zero-order chi connectivity index (χ0) is 12.8. The van der Waals surface area contributed by atoms with E-state index in [1.165, 1.54) is 4.90 Å². The number of rotatable bonds is 5. The van der Waals surface area contributed by atoms with Crippen molar-refractivity contribution >= 4 is 17.7 Å². The molecule has 0 aliphatic rings. The van der Waals surface area contributed by atoms with Crippen LogP contribution in [0.4, 0.5) is 0 Å². The third-order valence-electron chi connectivity index (χ3n) is 2.75. The van der Waals surface area contributed by atoms with Crippen molar-refractivity contribution in [2.45, 2.75) is 37.2 Å². The molecule has 3 N–H and O–H groups in total. The van der Waals surface area contributed by atoms with Gasteiger partial charge in [0.1, 0.15) is 0 Å². The summed E-state index contributed by atoms with van der Waals surface area (Å²) >= 11 is 1.70. The summed E-state index contributed by atoms with van der Waals surface area (Å²) in [4.78, 5) is 12.9. The lowest BCUT2D eigenvalue weighted by Crippen LogP contribution is -2.41. The summed E-state index contributed by atoms with van der Waals surface area (Å²) in [5.41, 5.74) is 6.77. The van der Waals surface area contributed by atoms with Gasteiger partial charge >= 0.3 is 0 Å². The smallest absolute Gasteiger partial charge is 0.237 e. The Morgan fingerprint density at radius 3 is 2.47 bits per heavy atom. The van der Waals surface area contributed by atoms with E-state index in [0.717, 1.165) is 5.56 Å². The number of hydrogen-bond donors (Lipinski definition) is 2. The minimum absolute atomic E-state index is 0.00370. The van der Waals surface area contributed by atoms with E-state index < -0.39 is 6.04 Å². The fourth-order valence-corrected chi connectivity index (χ4v) is 1.89. The van der Waals surface area contributed by atoms with Gasteiger partial charge in [0.15, 0.2) is 0 Å². The second-order valence-electron chi connectivity index (χ2n) is 4.02. The van der Waals surface area contributed by atoms with Gasteiger partial charge in [0.05, 0.1) is 12.1 Å². The lowest BCUT2D eigenvalue weighted by Gasteiger charge is -2.17. The summed E-state index contributed by atoms with van der Waals surface area (Å²) in [6.07, 6.45) is 2.70. The van der Waals surface area contributed by atoms with Crippen molar-refractivity contribution in [2.75, 3.05) is 6.26 Å². The topological polar surface area (TPSA) is 55.1 Å². The molecule has 0 saturated heterocycles. The van der Waals surface area contributed by atoms with Gasteiger partial charge in [-0.05, 0) is 37.3 Å². The summed E-state index contributed by atoms with van der Waals surface area (Å²) < 4.78 is 0. The molecular formula is C13H20N2OS. The van der Waals surface area contributed by atoms with E-state index in [1.807, 2.05) is 32.2 Å². The number of nitrogens with one attached hydrogen (secondary N) is 1. The lowest BCUT2D eigenvalue weighted by atomic mass is 10.1. The van der Waals surface area contributed by atoms with Gasteiger partial charge in [-0.15, -0.1) is 11.8 Å². The number of nitrogens with two attached hydrogens (primary N) is 1. The summed E-state index contributed by atoms with van der Waals surface area (Å²) in [6.45, 7) is 3.87. The second-order valence-corrected chi connectivity index (χ2v) is 4.90. The van der Waals surface area contributed by atoms with Crippen molar-refractivity contribution in [3.63, 3.8) is 0 Å². The van der Waals surface area contributed by atoms with Crippen LogP contribution in [0.15, 0.2) is 29.2 Å². The summed E-state index contributed by atoms with van der Waals surface area (Å²) in [7, 11) is 0. The van der Waals surface area contributed by atoms with E-state index >= 15 is 0 Å². The van der Waals surface area contributed by atoms with E-state index in [0.29, 0.717) is 6.42 Å². The van der Waals surface area contributed by atoms with Crippen molar-refractivity contribution in [1.82, 2.24) is 5.32 Å². The Morgan fingerprint density at radius 2 is 2.00 bits per heavy atom. The van der Waals surface area contributed by atoms with Crippen LogP contribution in [0.5, 0.6) is 0 Å². The van der Waals surface area contributed by atoms with Crippen LogP contribution in [0.3, 0.4) is 0 Å². The molecule has 4 heteroatoms. The first-order valence-corrected chi connectivity index (χ1v) is 7.00. The van der Waals surface area contributed by atoms with Crippen LogP contribution in [-0.4, -0.2) is 18.2 Å². The fourth-order valence-electron chi connectivity index (χ4n) is 1.48. The highest BCUT2D eigenvalue weighted by Crippen LogP contribution is 2.18. The first kappa shape index (κ1) is 14.1. The highest BCUT2D eigenvalue weighted by Gasteiger charge is 2.14. The molecule has 1 amide bonds. The molecule has 2 atom stereocenters. The maximum Gasteiger partial charge on any atom is 0.237 e. The van der Waals surface area contributed by atoms with Crippen LogP contribution in [0.25, 0.3) is 0 Å². The van der Waals surface area contributed by atoms with E-state index in [-0.39, 0.29) is 11.9 Å². The molecule has 17 heavy (non-hydrogen) atoms. The quantitative estimate of drug-likeness (QED) is 0.791. The average molecular weight is 252 g/mol. The zero-order valence-corrected chi connectivity index (χ0v) is 11.4. The van der Waals surface area contributed by atoms with Gasteiger partial charge in [-0.2, -0.15) is 0 Å². The van der Waals surface area contributed by atoms with Crippen molar-refractivity contribution in [3.8, 4) is 0 Å². The maximum absolute atomic E-state index is 11.6. The van der Waals surface area contributed by atoms with E-state index in [4.69, 9.17) is 5.73 Å². The number of thioether (sulfide) groups is 1. The van der Waals surface area contributed by atoms with Gasteiger partial charge < -0.3 is 11.1 Å². The zero-order valence-electron chi connectivity index (χ0n) is 10.6. The molecule has 0 spiro atoms. The van der Waals surface area contributed by atoms with Crippen LogP contribution in [0, 0.1) is 0 Å². The van der Waals surface area contributed by atoms with E-state index in [9.17, 15) is 4.79 Å². The summed E-state index contributed by atoms with van der Waals surface area (Å²) in [5, 5.41) is 2.91. The largest absolute Gasteiger partial charge is 0.348 e. The Bertz CT molecular complexity index is 364. The molecule has 0 aliphatic carbocycles. The molecule has 0 heterocycles. The van der Waals surface area contributed by atoms with Gasteiger partial charge in [-0.3, -0.25) is 4.79 Å². The normalized spacial score (nSPS) is 14.1. The molecule has 1 rings (SSSR count). The Kier molecular flexibility index (Phi) is 5.51. The Morgan fingerprint density at radius 1 is 1.41 bits per heavy atom. The second kappa shape index (κ2) is 6.67. The minimum atomic E-state index is -0.414. The summed E-state index contributed by atoms with van der Waals surface area (Å²) in [6, 6.07) is 7.77. The first-order valence-electron chi connectivity index (χ1n) is 5.78. The number of hydrogen-bond acceptors (Lipinski definition) is 3. The number of benzene rings is 1. The third kappa shape index (κ3) is 4.06. The van der Waals surface area contributed by atoms with Gasteiger partial charge in [-0.1, -0.05) is 19.1 Å². The Hall–Kier alpha value is -1.00. The molecule has 0 bridgehead atoms. The molecule has 0 radical (unpaired) electrons. The number of carbonyl (C=O) groups is 1. The van der Waals surface area contributed by atoms with Crippen molar-refractivity contribution in [1.29, 1.82) is 0 Å². The Labute approximate surface area is 107 Å². The van der Waals surface area contributed by atoms with Crippen LogP contribution in [0.2, 0.25) is 0 Å². The third-order valence-corrected chi connectivity index (χ3v) is 3.49. The number of carbonyl (C=O) groups excluding carboxylic acids is 1. The first-order chi connectivity index (χ1) is 8.08. The molecule has 0 fully saturated rings. The van der Waals surface area contributed by atoms with Gasteiger partial charge in [0.2, 0.25) is 5.91 Å². The van der Waals surface area contributed by atoms with Crippen LogP contribution in [0.1, 0.15) is 31.9 Å². The molecule has 0 aliphatic heterocycles. The van der Waals surface area contributed by atoms with Crippen LogP contribution in [-0.2, 0) is 4.79 Å². The molecule has 94 valence electrons. The highest BCUT2D eigenvalue weighted by molar-refractivity contribution is 7.98. The van der Waals surface area contributed by atoms with Gasteiger partial charge in [0.25, 0.3) is 0 Å². The minimum Gasteiger partial charge on any atom is -0.348 e. The predicted molar refractivity (Wildman–Crippen MR) is 73.0 cm³/mol. The monoisotopic (exact) mass is 252 g/mol. The van der Waals surface area contributed by atoms with E-state index in [2.05, 4.69) is 17.4 Å². The fraction of sp³-hybridized carbons (Fsp3) is 0.462. The number of amides is 1. The molecule has 1 unspecified atom stereocenters. The average Bonchev–Trinajstić information content (AvgIpc) is 2.37. The van der Waals surface area contributed by atoms with Crippen molar-refractivity contribution in [2.24, 2.45) is 5.73 Å². The van der Waals surface area contributed by atoms with Crippen molar-refractivity contribution in [3.05, 3.63) is 29.8 Å². The molecule has 1 aromatic rings. The highest BCUT2D eigenvalue weighted by atomic mass is 32.2. The molecule has 0 saturated carbocycles. The maximum atomic E-state index is 11.6. The predicted octanol–water partition coefficient (Wildman–Crippen LogP) is 2.32. The SMILES string of the molecule is CC[C@@H](N)C(=O)NC(C)c1ccc(SC)cc1. The van der Waals surface area contributed by atoms with Crippen molar-refractivity contribution < 1.29 is 4.79 Å². The van der Waals surface area contributed by atoms with Gasteiger partial charge in [-0.25, -0.2) is 0 Å². The molecule has 3 nitrogen and oxygen atoms in total. The Balaban J connectivity index is 2.63. The van der Waals surface area contributed by atoms with E-state index in [1.54, 1.807) is 11.8 Å². The van der Waals surface area contributed by atoms with Gasteiger partial charge in [0, 0.05) is 4.90 Å². The molecule has 1 aromatic carbocycles. The van der Waals surface area contributed by atoms with Crippen LogP contribution < -0.4 is 11.1 Å². The lowest BCUT2D eigenvalue weighted by molar-refractivity contribution is -0.123. The summed E-state index contributed by atoms with van der Waals surface area (Å²) in [5.74, 6) is -0.0889. The molecule has 0 aromatic heterocycles.